The van der Waals surface area contributed by atoms with Crippen LogP contribution in [0.5, 0.6) is 0 Å². The average Bonchev–Trinajstić information content (AvgIpc) is 2.36. The Hall–Kier alpha value is -1.34. The number of carboxylic acids is 1. The first-order valence-corrected chi connectivity index (χ1v) is 6.66. The minimum atomic E-state index is -1.57. The number of nitrogens with zero attached hydrogens (tertiary/aromatic N) is 1. The summed E-state index contributed by atoms with van der Waals surface area (Å²) in [7, 11) is 0. The van der Waals surface area contributed by atoms with Crippen molar-refractivity contribution in [2.24, 2.45) is 0 Å². The van der Waals surface area contributed by atoms with E-state index in [0.717, 1.165) is 19.6 Å². The largest absolute Gasteiger partial charge is 0.479 e. The number of amides is 2. The fraction of sp³-hybridized carbons (Fsp3) is 0.833. The summed E-state index contributed by atoms with van der Waals surface area (Å²) in [6, 6.07) is -0.468. The Bertz CT molecular complexity index is 305. The number of carbonyl (C=O) groups is 2. The van der Waals surface area contributed by atoms with Crippen LogP contribution in [0.2, 0.25) is 0 Å². The molecule has 0 aliphatic carbocycles. The zero-order valence-electron chi connectivity index (χ0n) is 11.3. The molecule has 1 aliphatic rings. The Kier molecular flexibility index (Phi) is 6.58. The molecule has 0 radical (unpaired) electrons. The average molecular weight is 273 g/mol. The number of nitrogens with one attached hydrogen (secondary N) is 2. The molecule has 1 saturated heterocycles. The van der Waals surface area contributed by atoms with Crippen molar-refractivity contribution in [2.45, 2.75) is 38.3 Å². The fourth-order valence-electron chi connectivity index (χ4n) is 2.13. The number of carboxylic acid groups (broad SMARTS) is 1. The highest BCUT2D eigenvalue weighted by Gasteiger charge is 2.17. The van der Waals surface area contributed by atoms with E-state index in [9.17, 15) is 9.59 Å². The quantitative estimate of drug-likeness (QED) is 0.528. The minimum absolute atomic E-state index is 0.0138. The van der Waals surface area contributed by atoms with Crippen LogP contribution in [0.4, 0.5) is 4.79 Å². The predicted molar refractivity (Wildman–Crippen MR) is 69.9 cm³/mol. The van der Waals surface area contributed by atoms with E-state index in [-0.39, 0.29) is 12.6 Å². The van der Waals surface area contributed by atoms with Crippen molar-refractivity contribution in [1.29, 1.82) is 0 Å². The fourth-order valence-corrected chi connectivity index (χ4v) is 2.13. The lowest BCUT2D eigenvalue weighted by Gasteiger charge is -2.29. The number of hydrogen-bond donors (Lipinski definition) is 4. The third-order valence-corrected chi connectivity index (χ3v) is 3.10. The summed E-state index contributed by atoms with van der Waals surface area (Å²) in [6.45, 7) is 4.52. The molecular formula is C12H23N3O4. The summed E-state index contributed by atoms with van der Waals surface area (Å²) in [4.78, 5) is 24.2. The lowest BCUT2D eigenvalue weighted by atomic mass is 10.1. The molecule has 1 heterocycles. The molecular weight excluding hydrogens is 250 g/mol. The van der Waals surface area contributed by atoms with E-state index < -0.39 is 18.1 Å². The van der Waals surface area contributed by atoms with Gasteiger partial charge in [-0.15, -0.1) is 0 Å². The van der Waals surface area contributed by atoms with Crippen molar-refractivity contribution in [3.8, 4) is 0 Å². The number of piperidine rings is 1. The number of hydrogen-bond acceptors (Lipinski definition) is 4. The summed E-state index contributed by atoms with van der Waals surface area (Å²) >= 11 is 0. The van der Waals surface area contributed by atoms with Crippen molar-refractivity contribution >= 4 is 12.0 Å². The monoisotopic (exact) mass is 273 g/mol. The topological polar surface area (TPSA) is 102 Å². The van der Waals surface area contributed by atoms with Crippen LogP contribution in [0.3, 0.4) is 0 Å². The van der Waals surface area contributed by atoms with Crippen molar-refractivity contribution in [2.75, 3.05) is 26.2 Å². The Morgan fingerprint density at radius 2 is 1.89 bits per heavy atom. The highest BCUT2D eigenvalue weighted by molar-refractivity contribution is 5.76. The Morgan fingerprint density at radius 1 is 1.26 bits per heavy atom. The summed E-state index contributed by atoms with van der Waals surface area (Å²) in [5, 5.41) is 22.5. The summed E-state index contributed by atoms with van der Waals surface area (Å²) in [6.07, 6.45) is 2.10. The van der Waals surface area contributed by atoms with Gasteiger partial charge in [-0.2, -0.15) is 0 Å². The first-order chi connectivity index (χ1) is 8.99. The smallest absolute Gasteiger partial charge is 0.334 e. The molecule has 2 atom stereocenters. The van der Waals surface area contributed by atoms with Gasteiger partial charge in [-0.1, -0.05) is 6.42 Å². The number of likely N-dealkylation sites (tertiary alicyclic amines) is 1. The molecule has 0 saturated carbocycles. The Labute approximate surface area is 113 Å². The van der Waals surface area contributed by atoms with E-state index >= 15 is 0 Å². The lowest BCUT2D eigenvalue weighted by molar-refractivity contribution is -0.146. The van der Waals surface area contributed by atoms with Crippen molar-refractivity contribution < 1.29 is 19.8 Å². The van der Waals surface area contributed by atoms with E-state index in [1.165, 1.54) is 19.3 Å². The number of carbonyl (C=O) groups excluding carboxylic acids is 1. The number of aliphatic hydroxyl groups excluding tert-OH is 1. The van der Waals surface area contributed by atoms with Crippen LogP contribution >= 0.6 is 0 Å². The van der Waals surface area contributed by atoms with E-state index in [1.807, 2.05) is 6.92 Å². The van der Waals surface area contributed by atoms with Gasteiger partial charge in [0.2, 0.25) is 0 Å². The molecule has 2 unspecified atom stereocenters. The molecule has 0 aromatic rings. The van der Waals surface area contributed by atoms with Crippen LogP contribution in [0.15, 0.2) is 0 Å². The van der Waals surface area contributed by atoms with Crippen LogP contribution in [0, 0.1) is 0 Å². The molecule has 4 N–H and O–H groups in total. The molecule has 0 aromatic heterocycles. The van der Waals surface area contributed by atoms with Gasteiger partial charge >= 0.3 is 12.0 Å². The number of rotatable bonds is 6. The van der Waals surface area contributed by atoms with Crippen LogP contribution in [-0.2, 0) is 4.79 Å². The molecule has 7 heteroatoms. The Balaban J connectivity index is 2.18. The van der Waals surface area contributed by atoms with E-state index in [2.05, 4.69) is 15.5 Å². The van der Waals surface area contributed by atoms with Crippen molar-refractivity contribution in [3.05, 3.63) is 0 Å². The molecule has 0 aromatic carbocycles. The van der Waals surface area contributed by atoms with E-state index in [1.54, 1.807) is 0 Å². The molecule has 19 heavy (non-hydrogen) atoms. The third-order valence-electron chi connectivity index (χ3n) is 3.10. The molecule has 7 nitrogen and oxygen atoms in total. The van der Waals surface area contributed by atoms with Gasteiger partial charge in [0.25, 0.3) is 0 Å². The lowest BCUT2D eigenvalue weighted by Crippen LogP contribution is -2.49. The maximum absolute atomic E-state index is 11.5. The minimum Gasteiger partial charge on any atom is -0.479 e. The normalized spacial score (nSPS) is 19.5. The van der Waals surface area contributed by atoms with Crippen molar-refractivity contribution in [3.63, 3.8) is 0 Å². The summed E-state index contributed by atoms with van der Waals surface area (Å²) < 4.78 is 0. The van der Waals surface area contributed by atoms with Gasteiger partial charge in [-0.05, 0) is 32.9 Å². The van der Waals surface area contributed by atoms with Crippen LogP contribution in [0.1, 0.15) is 26.2 Å². The third kappa shape index (κ3) is 6.40. The van der Waals surface area contributed by atoms with E-state index in [4.69, 9.17) is 10.2 Å². The zero-order chi connectivity index (χ0) is 14.3. The predicted octanol–water partition coefficient (Wildman–Crippen LogP) is -0.394. The number of urea groups is 1. The molecule has 1 fully saturated rings. The number of aliphatic carboxylic acids is 1. The van der Waals surface area contributed by atoms with Gasteiger partial charge in [0.1, 0.15) is 0 Å². The second-order valence-electron chi connectivity index (χ2n) is 4.97. The summed E-state index contributed by atoms with van der Waals surface area (Å²) in [5.74, 6) is -1.35. The standard InChI is InChI=1S/C12H23N3O4/c1-9(8-15-5-3-2-4-6-15)14-12(19)13-7-10(16)11(17)18/h9-10,16H,2-8H2,1H3,(H,17,18)(H2,13,14,19). The van der Waals surface area contributed by atoms with Gasteiger partial charge in [0, 0.05) is 12.6 Å². The Morgan fingerprint density at radius 3 is 2.47 bits per heavy atom. The van der Waals surface area contributed by atoms with Gasteiger partial charge in [-0.25, -0.2) is 9.59 Å². The second kappa shape index (κ2) is 7.96. The number of aliphatic hydroxyl groups is 1. The van der Waals surface area contributed by atoms with Crippen LogP contribution in [0.25, 0.3) is 0 Å². The van der Waals surface area contributed by atoms with Crippen LogP contribution in [-0.4, -0.2) is 65.4 Å². The van der Waals surface area contributed by atoms with Gasteiger partial charge in [0.05, 0.1) is 6.54 Å². The van der Waals surface area contributed by atoms with Gasteiger partial charge in [-0.3, -0.25) is 0 Å². The SMILES string of the molecule is CC(CN1CCCCC1)NC(=O)NCC(O)C(=O)O. The molecule has 1 aliphatic heterocycles. The molecule has 2 amide bonds. The van der Waals surface area contributed by atoms with Crippen LogP contribution < -0.4 is 10.6 Å². The highest BCUT2D eigenvalue weighted by Crippen LogP contribution is 2.08. The highest BCUT2D eigenvalue weighted by atomic mass is 16.4. The van der Waals surface area contributed by atoms with E-state index in [0.29, 0.717) is 0 Å². The maximum Gasteiger partial charge on any atom is 0.334 e. The van der Waals surface area contributed by atoms with Gasteiger partial charge in [0.15, 0.2) is 6.10 Å². The molecule has 110 valence electrons. The van der Waals surface area contributed by atoms with Gasteiger partial charge < -0.3 is 25.7 Å². The first kappa shape index (κ1) is 15.7. The second-order valence-corrected chi connectivity index (χ2v) is 4.97. The van der Waals surface area contributed by atoms with Crippen molar-refractivity contribution in [1.82, 2.24) is 15.5 Å². The zero-order valence-corrected chi connectivity index (χ0v) is 11.3. The maximum atomic E-state index is 11.5. The molecule has 1 rings (SSSR count). The molecule has 0 spiro atoms. The first-order valence-electron chi connectivity index (χ1n) is 6.66. The molecule has 0 bridgehead atoms. The summed E-state index contributed by atoms with van der Waals surface area (Å²) in [5.41, 5.74) is 0.